The minimum atomic E-state index is -0.820. The van der Waals surface area contributed by atoms with Crippen LogP contribution in [0.1, 0.15) is 27.2 Å². The second-order valence-corrected chi connectivity index (χ2v) is 4.33. The van der Waals surface area contributed by atoms with E-state index in [1.54, 1.807) is 19.1 Å². The van der Waals surface area contributed by atoms with Crippen molar-refractivity contribution in [3.63, 3.8) is 0 Å². The molecule has 100 valence electrons. The number of carbonyl (C=O) groups is 1. The zero-order chi connectivity index (χ0) is 13.8. The molecule has 5 heteroatoms. The number of amides is 1. The molecule has 0 radical (unpaired) electrons. The first-order chi connectivity index (χ1) is 8.44. The van der Waals surface area contributed by atoms with Crippen molar-refractivity contribution in [3.05, 3.63) is 18.2 Å². The fourth-order valence-corrected chi connectivity index (χ4v) is 1.56. The number of rotatable bonds is 6. The highest BCUT2D eigenvalue weighted by atomic mass is 16.5. The van der Waals surface area contributed by atoms with Crippen LogP contribution in [0.2, 0.25) is 0 Å². The van der Waals surface area contributed by atoms with Gasteiger partial charge in [0.2, 0.25) is 5.91 Å². The maximum Gasteiger partial charge on any atom is 0.242 e. The molecule has 1 aromatic rings. The van der Waals surface area contributed by atoms with Crippen molar-refractivity contribution in [3.8, 4) is 5.75 Å². The molecule has 0 spiro atoms. The Morgan fingerprint density at radius 2 is 2.11 bits per heavy atom. The number of para-hydroxylation sites is 1. The predicted molar refractivity (Wildman–Crippen MR) is 73.5 cm³/mol. The number of benzene rings is 1. The number of nitrogens with one attached hydrogen (secondary N) is 1. The van der Waals surface area contributed by atoms with Gasteiger partial charge in [0.15, 0.2) is 0 Å². The summed E-state index contributed by atoms with van der Waals surface area (Å²) in [6.45, 7) is 6.07. The van der Waals surface area contributed by atoms with Gasteiger partial charge < -0.3 is 21.5 Å². The molecule has 0 saturated carbocycles. The smallest absolute Gasteiger partial charge is 0.242 e. The zero-order valence-electron chi connectivity index (χ0n) is 11.1. The molecule has 0 saturated heterocycles. The predicted octanol–water partition coefficient (Wildman–Crippen LogP) is 1.73. The van der Waals surface area contributed by atoms with Crippen LogP contribution in [0.3, 0.4) is 0 Å². The average Bonchev–Trinajstić information content (AvgIpc) is 2.34. The van der Waals surface area contributed by atoms with E-state index < -0.39 is 11.4 Å². The number of anilines is 2. The van der Waals surface area contributed by atoms with Crippen LogP contribution in [0.15, 0.2) is 18.2 Å². The number of ether oxygens (including phenoxy) is 1. The summed E-state index contributed by atoms with van der Waals surface area (Å²) >= 11 is 0. The van der Waals surface area contributed by atoms with Gasteiger partial charge in [0.1, 0.15) is 11.3 Å². The SMILES string of the molecule is CCOc1cccc(NC(C)(CC)C(N)=O)c1N. The van der Waals surface area contributed by atoms with E-state index in [4.69, 9.17) is 16.2 Å². The first kappa shape index (κ1) is 14.2. The number of nitrogen functional groups attached to an aromatic ring is 1. The van der Waals surface area contributed by atoms with Gasteiger partial charge in [-0.2, -0.15) is 0 Å². The highest BCUT2D eigenvalue weighted by molar-refractivity contribution is 5.89. The first-order valence-electron chi connectivity index (χ1n) is 6.04. The lowest BCUT2D eigenvalue weighted by molar-refractivity contribution is -0.121. The van der Waals surface area contributed by atoms with Crippen LogP contribution >= 0.6 is 0 Å². The summed E-state index contributed by atoms with van der Waals surface area (Å²) in [4.78, 5) is 11.5. The molecular formula is C13H21N3O2. The van der Waals surface area contributed by atoms with Crippen molar-refractivity contribution in [1.82, 2.24) is 0 Å². The van der Waals surface area contributed by atoms with Crippen molar-refractivity contribution in [2.45, 2.75) is 32.7 Å². The summed E-state index contributed by atoms with van der Waals surface area (Å²) in [7, 11) is 0. The lowest BCUT2D eigenvalue weighted by Crippen LogP contribution is -2.47. The molecule has 0 aliphatic heterocycles. The quantitative estimate of drug-likeness (QED) is 0.672. The Balaban J connectivity index is 3.04. The van der Waals surface area contributed by atoms with Crippen molar-refractivity contribution in [2.75, 3.05) is 17.7 Å². The summed E-state index contributed by atoms with van der Waals surface area (Å²) in [5, 5.41) is 3.09. The molecule has 1 rings (SSSR count). The maximum atomic E-state index is 11.5. The van der Waals surface area contributed by atoms with Crippen LogP contribution < -0.4 is 21.5 Å². The van der Waals surface area contributed by atoms with E-state index in [0.29, 0.717) is 30.2 Å². The molecule has 1 amide bonds. The van der Waals surface area contributed by atoms with Crippen molar-refractivity contribution in [1.29, 1.82) is 0 Å². The first-order valence-corrected chi connectivity index (χ1v) is 6.04. The van der Waals surface area contributed by atoms with Gasteiger partial charge in [-0.3, -0.25) is 4.79 Å². The second kappa shape index (κ2) is 5.62. The van der Waals surface area contributed by atoms with E-state index in [1.165, 1.54) is 0 Å². The Morgan fingerprint density at radius 3 is 2.61 bits per heavy atom. The molecule has 0 aromatic heterocycles. The molecule has 0 aliphatic rings. The third-order valence-corrected chi connectivity index (χ3v) is 3.03. The Kier molecular flexibility index (Phi) is 4.42. The van der Waals surface area contributed by atoms with E-state index in [9.17, 15) is 4.79 Å². The van der Waals surface area contributed by atoms with Crippen LogP contribution in [0, 0.1) is 0 Å². The largest absolute Gasteiger partial charge is 0.492 e. The van der Waals surface area contributed by atoms with Crippen LogP contribution in [0.4, 0.5) is 11.4 Å². The van der Waals surface area contributed by atoms with Crippen molar-refractivity contribution >= 4 is 17.3 Å². The Hall–Kier alpha value is -1.91. The van der Waals surface area contributed by atoms with Gasteiger partial charge >= 0.3 is 0 Å². The molecule has 0 bridgehead atoms. The third-order valence-electron chi connectivity index (χ3n) is 3.03. The van der Waals surface area contributed by atoms with Crippen LogP contribution in [-0.4, -0.2) is 18.1 Å². The second-order valence-electron chi connectivity index (χ2n) is 4.33. The normalized spacial score (nSPS) is 13.7. The van der Waals surface area contributed by atoms with Crippen LogP contribution in [-0.2, 0) is 4.79 Å². The highest BCUT2D eigenvalue weighted by Gasteiger charge is 2.29. The number of carbonyl (C=O) groups excluding carboxylic acids is 1. The molecule has 0 fully saturated rings. The maximum absolute atomic E-state index is 11.5. The molecule has 1 aromatic carbocycles. The number of hydrogen-bond acceptors (Lipinski definition) is 4. The van der Waals surface area contributed by atoms with E-state index >= 15 is 0 Å². The number of primary amides is 1. The number of hydrogen-bond donors (Lipinski definition) is 3. The molecular weight excluding hydrogens is 230 g/mol. The summed E-state index contributed by atoms with van der Waals surface area (Å²) in [6, 6.07) is 5.41. The van der Waals surface area contributed by atoms with Crippen LogP contribution in [0.5, 0.6) is 5.75 Å². The molecule has 18 heavy (non-hydrogen) atoms. The summed E-state index contributed by atoms with van der Waals surface area (Å²) in [5.41, 5.74) is 11.7. The minimum Gasteiger partial charge on any atom is -0.492 e. The zero-order valence-corrected chi connectivity index (χ0v) is 11.1. The third kappa shape index (κ3) is 2.85. The van der Waals surface area contributed by atoms with Gasteiger partial charge in [-0.1, -0.05) is 13.0 Å². The topological polar surface area (TPSA) is 90.4 Å². The lowest BCUT2D eigenvalue weighted by Gasteiger charge is -2.28. The van der Waals surface area contributed by atoms with E-state index in [1.807, 2.05) is 19.9 Å². The molecule has 1 unspecified atom stereocenters. The van der Waals surface area contributed by atoms with E-state index in [0.717, 1.165) is 0 Å². The Labute approximate surface area is 107 Å². The highest BCUT2D eigenvalue weighted by Crippen LogP contribution is 2.31. The summed E-state index contributed by atoms with van der Waals surface area (Å²) in [5.74, 6) is 0.191. The van der Waals surface area contributed by atoms with Gasteiger partial charge in [-0.15, -0.1) is 0 Å². The van der Waals surface area contributed by atoms with Gasteiger partial charge in [-0.05, 0) is 32.4 Å². The standard InChI is InChI=1S/C13H21N3O2/c1-4-13(3,12(15)17)16-9-7-6-8-10(11(9)14)18-5-2/h6-8,16H,4-5,14H2,1-3H3,(H2,15,17). The van der Waals surface area contributed by atoms with Gasteiger partial charge in [-0.25, -0.2) is 0 Å². The monoisotopic (exact) mass is 251 g/mol. The summed E-state index contributed by atoms with van der Waals surface area (Å²) < 4.78 is 5.40. The van der Waals surface area contributed by atoms with E-state index in [-0.39, 0.29) is 0 Å². The van der Waals surface area contributed by atoms with E-state index in [2.05, 4.69) is 5.32 Å². The molecule has 5 nitrogen and oxygen atoms in total. The van der Waals surface area contributed by atoms with Gasteiger partial charge in [0.25, 0.3) is 0 Å². The molecule has 1 atom stereocenters. The Morgan fingerprint density at radius 1 is 1.44 bits per heavy atom. The molecule has 0 aliphatic carbocycles. The van der Waals surface area contributed by atoms with Gasteiger partial charge in [0, 0.05) is 0 Å². The van der Waals surface area contributed by atoms with Crippen LogP contribution in [0.25, 0.3) is 0 Å². The Bertz CT molecular complexity index is 434. The lowest BCUT2D eigenvalue weighted by atomic mass is 9.97. The molecule has 5 N–H and O–H groups in total. The van der Waals surface area contributed by atoms with Gasteiger partial charge in [0.05, 0.1) is 18.0 Å². The average molecular weight is 251 g/mol. The fraction of sp³-hybridized carbons (Fsp3) is 0.462. The van der Waals surface area contributed by atoms with Crippen molar-refractivity contribution < 1.29 is 9.53 Å². The van der Waals surface area contributed by atoms with Crippen molar-refractivity contribution in [2.24, 2.45) is 5.73 Å². The number of nitrogens with two attached hydrogens (primary N) is 2. The minimum absolute atomic E-state index is 0.411. The summed E-state index contributed by atoms with van der Waals surface area (Å²) in [6.07, 6.45) is 0.570. The molecule has 0 heterocycles. The fourth-order valence-electron chi connectivity index (χ4n) is 1.56.